The van der Waals surface area contributed by atoms with Gasteiger partial charge in [0.15, 0.2) is 11.2 Å². The molecule has 5 aromatic rings. The number of carbonyl (C=O) groups is 1. The molecule has 0 spiro atoms. The van der Waals surface area contributed by atoms with E-state index >= 15 is 0 Å². The van der Waals surface area contributed by atoms with Crippen LogP contribution in [0.3, 0.4) is 0 Å². The first-order valence-electron chi connectivity index (χ1n) is 9.10. The number of pyridine rings is 1. The SMILES string of the molecule is O=C(Nn1ccc2c(nnc3c(-c4ccc(Cl)cc4)cnn32)c1=O)c1ccccc1Cl. The van der Waals surface area contributed by atoms with E-state index in [4.69, 9.17) is 23.2 Å². The largest absolute Gasteiger partial charge is 0.299 e. The van der Waals surface area contributed by atoms with E-state index in [1.807, 2.05) is 12.1 Å². The normalized spacial score (nSPS) is 11.2. The fourth-order valence-corrected chi connectivity index (χ4v) is 3.58. The Balaban J connectivity index is 1.57. The highest BCUT2D eigenvalue weighted by molar-refractivity contribution is 6.34. The molecule has 0 saturated heterocycles. The van der Waals surface area contributed by atoms with Crippen molar-refractivity contribution >= 4 is 45.8 Å². The second-order valence-corrected chi connectivity index (χ2v) is 7.49. The zero-order chi connectivity index (χ0) is 21.5. The number of nitrogens with one attached hydrogen (secondary N) is 1. The maximum Gasteiger partial charge on any atom is 0.299 e. The van der Waals surface area contributed by atoms with Crippen LogP contribution in [0.25, 0.3) is 27.8 Å². The van der Waals surface area contributed by atoms with Gasteiger partial charge < -0.3 is 0 Å². The van der Waals surface area contributed by atoms with Gasteiger partial charge in [0.25, 0.3) is 11.5 Å². The van der Waals surface area contributed by atoms with Crippen molar-refractivity contribution in [2.45, 2.75) is 0 Å². The maximum atomic E-state index is 12.9. The van der Waals surface area contributed by atoms with Gasteiger partial charge in [0, 0.05) is 16.8 Å². The van der Waals surface area contributed by atoms with Crippen molar-refractivity contribution < 1.29 is 4.79 Å². The molecule has 31 heavy (non-hydrogen) atoms. The van der Waals surface area contributed by atoms with Crippen molar-refractivity contribution in [1.82, 2.24) is 24.5 Å². The second-order valence-electron chi connectivity index (χ2n) is 6.65. The number of fused-ring (bicyclic) bond motifs is 3. The van der Waals surface area contributed by atoms with Gasteiger partial charge in [-0.15, -0.1) is 10.2 Å². The number of hydrogen-bond donors (Lipinski definition) is 1. The van der Waals surface area contributed by atoms with E-state index in [9.17, 15) is 9.59 Å². The van der Waals surface area contributed by atoms with Crippen LogP contribution in [0.4, 0.5) is 0 Å². The molecule has 2 aromatic carbocycles. The average molecular weight is 451 g/mol. The Labute approximate surface area is 184 Å². The quantitative estimate of drug-likeness (QED) is 0.451. The van der Waals surface area contributed by atoms with Crippen LogP contribution in [-0.4, -0.2) is 30.4 Å². The molecule has 3 heterocycles. The van der Waals surface area contributed by atoms with Crippen molar-refractivity contribution in [3.05, 3.63) is 93.0 Å². The molecule has 8 nitrogen and oxygen atoms in total. The number of halogens is 2. The first kappa shape index (κ1) is 19.2. The lowest BCUT2D eigenvalue weighted by Gasteiger charge is -2.10. The lowest BCUT2D eigenvalue weighted by Crippen LogP contribution is -2.33. The minimum absolute atomic E-state index is 0.0558. The molecule has 0 atom stereocenters. The first-order chi connectivity index (χ1) is 15.0. The standard InChI is InChI=1S/C21H12Cl2N6O2/c22-13-7-5-12(6-8-13)15-11-24-29-17-9-10-28(21(31)18(17)25-26-19(15)29)27-20(30)14-3-1-2-4-16(14)23/h1-11H,(H,27,30). The van der Waals surface area contributed by atoms with Crippen LogP contribution in [-0.2, 0) is 0 Å². The third-order valence-corrected chi connectivity index (χ3v) is 5.34. The Morgan fingerprint density at radius 1 is 0.968 bits per heavy atom. The van der Waals surface area contributed by atoms with E-state index in [2.05, 4.69) is 20.7 Å². The minimum Gasteiger partial charge on any atom is -0.267 e. The molecule has 0 aliphatic carbocycles. The van der Waals surface area contributed by atoms with Gasteiger partial charge >= 0.3 is 0 Å². The van der Waals surface area contributed by atoms with Crippen LogP contribution in [0.15, 0.2) is 71.8 Å². The van der Waals surface area contributed by atoms with Crippen LogP contribution < -0.4 is 11.0 Å². The molecule has 5 rings (SSSR count). The molecule has 0 saturated carbocycles. The molecule has 1 N–H and O–H groups in total. The fourth-order valence-electron chi connectivity index (χ4n) is 3.23. The molecule has 1 amide bonds. The first-order valence-corrected chi connectivity index (χ1v) is 9.86. The van der Waals surface area contributed by atoms with Gasteiger partial charge in [-0.1, -0.05) is 47.5 Å². The van der Waals surface area contributed by atoms with Crippen LogP contribution in [0.5, 0.6) is 0 Å². The van der Waals surface area contributed by atoms with E-state index in [-0.39, 0.29) is 16.1 Å². The van der Waals surface area contributed by atoms with E-state index in [0.29, 0.717) is 16.2 Å². The Morgan fingerprint density at radius 2 is 1.74 bits per heavy atom. The van der Waals surface area contributed by atoms with Crippen molar-refractivity contribution in [2.24, 2.45) is 0 Å². The summed E-state index contributed by atoms with van der Waals surface area (Å²) < 4.78 is 2.58. The summed E-state index contributed by atoms with van der Waals surface area (Å²) in [5, 5.41) is 13.6. The van der Waals surface area contributed by atoms with E-state index in [1.54, 1.807) is 48.7 Å². The van der Waals surface area contributed by atoms with Crippen molar-refractivity contribution in [3.8, 4) is 11.1 Å². The van der Waals surface area contributed by atoms with Crippen LogP contribution in [0, 0.1) is 0 Å². The number of benzene rings is 2. The molecule has 0 unspecified atom stereocenters. The number of hydrogen-bond acceptors (Lipinski definition) is 5. The Morgan fingerprint density at radius 3 is 2.52 bits per heavy atom. The molecule has 0 radical (unpaired) electrons. The summed E-state index contributed by atoms with van der Waals surface area (Å²) in [4.78, 5) is 25.4. The van der Waals surface area contributed by atoms with Gasteiger partial charge in [-0.25, -0.2) is 9.19 Å². The lowest BCUT2D eigenvalue weighted by molar-refractivity contribution is 0.101. The predicted molar refractivity (Wildman–Crippen MR) is 118 cm³/mol. The number of nitrogens with zero attached hydrogens (tertiary/aromatic N) is 5. The molecule has 3 aromatic heterocycles. The highest BCUT2D eigenvalue weighted by Crippen LogP contribution is 2.25. The minimum atomic E-state index is -0.546. The number of aromatic nitrogens is 5. The summed E-state index contributed by atoms with van der Waals surface area (Å²) in [6.45, 7) is 0. The lowest BCUT2D eigenvalue weighted by atomic mass is 10.1. The summed E-state index contributed by atoms with van der Waals surface area (Å²) in [5.41, 5.74) is 4.84. The Bertz CT molecular complexity index is 1530. The summed E-state index contributed by atoms with van der Waals surface area (Å²) in [6, 6.07) is 15.4. The highest BCUT2D eigenvalue weighted by Gasteiger charge is 2.16. The summed E-state index contributed by atoms with van der Waals surface area (Å²) >= 11 is 12.0. The van der Waals surface area contributed by atoms with Gasteiger partial charge in [0.1, 0.15) is 5.52 Å². The van der Waals surface area contributed by atoms with Gasteiger partial charge in [0.2, 0.25) is 0 Å². The summed E-state index contributed by atoms with van der Waals surface area (Å²) in [5.74, 6) is -0.523. The maximum absolute atomic E-state index is 12.9. The fraction of sp³-hybridized carbons (Fsp3) is 0. The third-order valence-electron chi connectivity index (χ3n) is 4.76. The van der Waals surface area contributed by atoms with E-state index in [0.717, 1.165) is 15.8 Å². The van der Waals surface area contributed by atoms with Crippen LogP contribution in [0.2, 0.25) is 10.0 Å². The van der Waals surface area contributed by atoms with Crippen molar-refractivity contribution in [2.75, 3.05) is 5.43 Å². The predicted octanol–water partition coefficient (Wildman–Crippen LogP) is 3.80. The smallest absolute Gasteiger partial charge is 0.267 e. The number of amides is 1. The van der Waals surface area contributed by atoms with Gasteiger partial charge in [-0.3, -0.25) is 15.0 Å². The molecule has 10 heteroatoms. The van der Waals surface area contributed by atoms with Gasteiger partial charge in [-0.05, 0) is 35.9 Å². The Kier molecular flexibility index (Phi) is 4.65. The molecular formula is C21H12Cl2N6O2. The van der Waals surface area contributed by atoms with Crippen LogP contribution in [0.1, 0.15) is 10.4 Å². The van der Waals surface area contributed by atoms with E-state index < -0.39 is 11.5 Å². The zero-order valence-corrected chi connectivity index (χ0v) is 17.2. The van der Waals surface area contributed by atoms with Crippen molar-refractivity contribution in [1.29, 1.82) is 0 Å². The Hall–Kier alpha value is -3.75. The van der Waals surface area contributed by atoms with E-state index in [1.165, 1.54) is 10.7 Å². The second kappa shape index (κ2) is 7.50. The number of rotatable bonds is 3. The zero-order valence-electron chi connectivity index (χ0n) is 15.7. The topological polar surface area (TPSA) is 94.2 Å². The third kappa shape index (κ3) is 3.31. The van der Waals surface area contributed by atoms with Crippen LogP contribution >= 0.6 is 23.2 Å². The molecule has 152 valence electrons. The summed E-state index contributed by atoms with van der Waals surface area (Å²) in [6.07, 6.45) is 3.08. The van der Waals surface area contributed by atoms with Gasteiger partial charge in [-0.2, -0.15) is 5.10 Å². The molecule has 0 aliphatic rings. The highest BCUT2D eigenvalue weighted by atomic mass is 35.5. The van der Waals surface area contributed by atoms with Crippen molar-refractivity contribution in [3.63, 3.8) is 0 Å². The average Bonchev–Trinajstić information content (AvgIpc) is 3.21. The summed E-state index contributed by atoms with van der Waals surface area (Å²) in [7, 11) is 0. The molecule has 0 aliphatic heterocycles. The molecule has 0 bridgehead atoms. The number of carbonyl (C=O) groups excluding carboxylic acids is 1. The monoisotopic (exact) mass is 450 g/mol. The molecule has 0 fully saturated rings. The molecular weight excluding hydrogens is 439 g/mol. The van der Waals surface area contributed by atoms with Gasteiger partial charge in [0.05, 0.1) is 16.8 Å².